The molecule has 1 N–H and O–H groups in total. The van der Waals surface area contributed by atoms with Crippen molar-refractivity contribution >= 4 is 11.9 Å². The van der Waals surface area contributed by atoms with Gasteiger partial charge in [0.2, 0.25) is 6.29 Å². The lowest BCUT2D eigenvalue weighted by Gasteiger charge is -2.56. The Morgan fingerprint density at radius 2 is 1.81 bits per heavy atom. The molecule has 2 fully saturated rings. The van der Waals surface area contributed by atoms with Crippen molar-refractivity contribution in [3.05, 3.63) is 34.6 Å². The molecular formula is C24H28O7. The van der Waals surface area contributed by atoms with Crippen molar-refractivity contribution in [2.45, 2.75) is 77.7 Å². The van der Waals surface area contributed by atoms with Gasteiger partial charge in [0.25, 0.3) is 0 Å². The molecular weight excluding hydrogens is 400 g/mol. The van der Waals surface area contributed by atoms with Crippen LogP contribution in [0.4, 0.5) is 0 Å². The van der Waals surface area contributed by atoms with Gasteiger partial charge in [0.15, 0.2) is 5.60 Å². The van der Waals surface area contributed by atoms with E-state index in [1.807, 2.05) is 20.8 Å². The van der Waals surface area contributed by atoms with Crippen molar-refractivity contribution in [3.8, 4) is 0 Å². The van der Waals surface area contributed by atoms with Gasteiger partial charge in [0.05, 0.1) is 0 Å². The average Bonchev–Trinajstić information content (AvgIpc) is 3.03. The van der Waals surface area contributed by atoms with Crippen LogP contribution in [0, 0.1) is 22.7 Å². The Labute approximate surface area is 181 Å². The highest BCUT2D eigenvalue weighted by Gasteiger charge is 2.79. The zero-order chi connectivity index (χ0) is 22.3. The Bertz CT molecular complexity index is 1050. The van der Waals surface area contributed by atoms with Crippen molar-refractivity contribution < 1.29 is 33.6 Å². The Kier molecular flexibility index (Phi) is 3.32. The smallest absolute Gasteiger partial charge is 0.331 e. The Morgan fingerprint density at radius 3 is 2.52 bits per heavy atom. The minimum absolute atomic E-state index is 0.0600. The molecule has 0 amide bonds. The molecule has 6 aliphatic rings. The molecule has 0 spiro atoms. The third kappa shape index (κ3) is 1.91. The normalized spacial score (nSPS) is 51.0. The number of hydrogen-bond donors (Lipinski definition) is 1. The summed E-state index contributed by atoms with van der Waals surface area (Å²) in [5, 5.41) is 12.1. The summed E-state index contributed by atoms with van der Waals surface area (Å²) in [7, 11) is 0. The number of aliphatic hydroxyl groups is 1. The van der Waals surface area contributed by atoms with E-state index in [1.54, 1.807) is 13.0 Å². The third-order valence-electron chi connectivity index (χ3n) is 8.95. The average molecular weight is 428 g/mol. The van der Waals surface area contributed by atoms with Crippen LogP contribution in [0.5, 0.6) is 0 Å². The first-order chi connectivity index (χ1) is 14.4. The van der Waals surface area contributed by atoms with Gasteiger partial charge in [-0.15, -0.1) is 0 Å². The summed E-state index contributed by atoms with van der Waals surface area (Å²) in [5.41, 5.74) is -1.56. The predicted molar refractivity (Wildman–Crippen MR) is 107 cm³/mol. The standard InChI is InChI=1S/C24H28O7/c1-10-12-7-16(25)31-21(3,4)13(12)8-15-23(6)14(10)9-22(5)19(26)30-20-24(22,27)18(23)17(29-15)11(2)28-20/h7-8,10-11,14-15,20,27H,9H2,1-6H3. The zero-order valence-corrected chi connectivity index (χ0v) is 18.6. The maximum Gasteiger partial charge on any atom is 0.331 e. The number of hydrogen-bond acceptors (Lipinski definition) is 7. The highest BCUT2D eigenvalue weighted by molar-refractivity contribution is 5.87. The van der Waals surface area contributed by atoms with Gasteiger partial charge in [-0.2, -0.15) is 0 Å². The molecule has 1 saturated carbocycles. The van der Waals surface area contributed by atoms with Crippen molar-refractivity contribution in [1.82, 2.24) is 0 Å². The van der Waals surface area contributed by atoms with E-state index in [-0.39, 0.29) is 23.9 Å². The minimum Gasteiger partial charge on any atom is -0.487 e. The summed E-state index contributed by atoms with van der Waals surface area (Å²) in [4.78, 5) is 25.5. The van der Waals surface area contributed by atoms with Crippen LogP contribution < -0.4 is 0 Å². The first-order valence-electron chi connectivity index (χ1n) is 11.0. The SMILES string of the molecule is CC1OC2OC(=O)C3(C)CC4C(C)C5=CC(=O)OC(C)(C)C5=CC5OC1=C(C54C)C23O. The van der Waals surface area contributed by atoms with Crippen LogP contribution >= 0.6 is 0 Å². The molecule has 31 heavy (non-hydrogen) atoms. The third-order valence-corrected chi connectivity index (χ3v) is 8.95. The number of ether oxygens (including phenoxy) is 4. The van der Waals surface area contributed by atoms with Crippen molar-refractivity contribution in [2.75, 3.05) is 0 Å². The summed E-state index contributed by atoms with van der Waals surface area (Å²) >= 11 is 0. The van der Waals surface area contributed by atoms with Gasteiger partial charge in [-0.3, -0.25) is 4.79 Å². The van der Waals surface area contributed by atoms with Gasteiger partial charge in [-0.25, -0.2) is 4.79 Å². The Morgan fingerprint density at radius 1 is 1.10 bits per heavy atom. The van der Waals surface area contributed by atoms with Gasteiger partial charge in [0, 0.05) is 17.1 Å². The molecule has 0 bridgehead atoms. The summed E-state index contributed by atoms with van der Waals surface area (Å²) in [6.45, 7) is 11.6. The molecule has 166 valence electrons. The van der Waals surface area contributed by atoms with Gasteiger partial charge in [-0.05, 0) is 63.2 Å². The van der Waals surface area contributed by atoms with E-state index in [4.69, 9.17) is 18.9 Å². The molecule has 6 rings (SSSR count). The Balaban J connectivity index is 1.65. The van der Waals surface area contributed by atoms with Crippen molar-refractivity contribution in [1.29, 1.82) is 0 Å². The summed E-state index contributed by atoms with van der Waals surface area (Å²) in [6, 6.07) is 0. The molecule has 0 radical (unpaired) electrons. The van der Waals surface area contributed by atoms with Crippen LogP contribution in [0.15, 0.2) is 34.6 Å². The highest BCUT2D eigenvalue weighted by atomic mass is 16.7. The molecule has 8 atom stereocenters. The van der Waals surface area contributed by atoms with E-state index in [0.29, 0.717) is 12.2 Å². The first-order valence-corrected chi connectivity index (χ1v) is 11.0. The molecule has 7 nitrogen and oxygen atoms in total. The van der Waals surface area contributed by atoms with E-state index < -0.39 is 40.4 Å². The molecule has 1 saturated heterocycles. The fraction of sp³-hybridized carbons (Fsp3) is 0.667. The minimum atomic E-state index is -1.59. The van der Waals surface area contributed by atoms with Gasteiger partial charge in [-0.1, -0.05) is 13.8 Å². The Hall–Kier alpha value is -2.12. The number of rotatable bonds is 0. The summed E-state index contributed by atoms with van der Waals surface area (Å²) in [5.74, 6) is -0.333. The van der Waals surface area contributed by atoms with Crippen LogP contribution in [-0.4, -0.2) is 46.7 Å². The molecule has 4 heterocycles. The van der Waals surface area contributed by atoms with Gasteiger partial charge in [0.1, 0.15) is 29.0 Å². The number of cyclic esters (lactones) is 1. The molecule has 0 aromatic heterocycles. The second-order valence-electron chi connectivity index (χ2n) is 10.9. The van der Waals surface area contributed by atoms with E-state index in [9.17, 15) is 14.7 Å². The van der Waals surface area contributed by atoms with E-state index >= 15 is 0 Å². The number of carbonyl (C=O) groups excluding carboxylic acids is 2. The largest absolute Gasteiger partial charge is 0.487 e. The molecule has 7 heteroatoms. The number of esters is 2. The quantitative estimate of drug-likeness (QED) is 0.593. The van der Waals surface area contributed by atoms with Crippen LogP contribution in [0.1, 0.15) is 48.0 Å². The predicted octanol–water partition coefficient (Wildman–Crippen LogP) is 2.54. The fourth-order valence-electron chi connectivity index (χ4n) is 7.24. The summed E-state index contributed by atoms with van der Waals surface area (Å²) in [6.07, 6.45) is 2.16. The fourth-order valence-corrected chi connectivity index (χ4v) is 7.24. The van der Waals surface area contributed by atoms with E-state index in [1.165, 1.54) is 0 Å². The topological polar surface area (TPSA) is 91.3 Å². The second kappa shape index (κ2) is 5.26. The van der Waals surface area contributed by atoms with Crippen molar-refractivity contribution in [2.24, 2.45) is 22.7 Å². The maximum atomic E-state index is 13.1. The van der Waals surface area contributed by atoms with Crippen LogP contribution in [0.25, 0.3) is 0 Å². The first kappa shape index (κ1) is 19.6. The van der Waals surface area contributed by atoms with Crippen LogP contribution in [0.2, 0.25) is 0 Å². The molecule has 4 aliphatic heterocycles. The van der Waals surface area contributed by atoms with Crippen molar-refractivity contribution in [3.63, 3.8) is 0 Å². The second-order valence-corrected chi connectivity index (χ2v) is 10.9. The van der Waals surface area contributed by atoms with Gasteiger partial charge >= 0.3 is 11.9 Å². The van der Waals surface area contributed by atoms with Gasteiger partial charge < -0.3 is 24.1 Å². The molecule has 8 unspecified atom stereocenters. The number of carbonyl (C=O) groups is 2. The zero-order valence-electron chi connectivity index (χ0n) is 18.6. The van der Waals surface area contributed by atoms with Crippen LogP contribution in [-0.2, 0) is 28.5 Å². The monoisotopic (exact) mass is 428 g/mol. The van der Waals surface area contributed by atoms with E-state index in [2.05, 4.69) is 19.9 Å². The van der Waals surface area contributed by atoms with E-state index in [0.717, 1.165) is 16.7 Å². The lowest BCUT2D eigenvalue weighted by Crippen LogP contribution is -2.65. The lowest BCUT2D eigenvalue weighted by atomic mass is 9.47. The highest BCUT2D eigenvalue weighted by Crippen LogP contribution is 2.71. The maximum absolute atomic E-state index is 13.1. The lowest BCUT2D eigenvalue weighted by molar-refractivity contribution is -0.227. The van der Waals surface area contributed by atoms with Crippen LogP contribution in [0.3, 0.4) is 0 Å². The molecule has 2 aliphatic carbocycles. The number of fused-ring (bicyclic) bond motifs is 1. The molecule has 0 aromatic rings. The molecule has 0 aromatic carbocycles. The summed E-state index contributed by atoms with van der Waals surface area (Å²) < 4.78 is 23.7.